The number of Topliss-reactive ketones (excluding diaryl/α,β-unsaturated/α-hetero) is 2. The molecule has 0 unspecified atom stereocenters. The van der Waals surface area contributed by atoms with Crippen LogP contribution in [0.4, 0.5) is 0 Å². The van der Waals surface area contributed by atoms with Gasteiger partial charge in [0.15, 0.2) is 8.32 Å². The number of carbonyl (C=O) groups excluding carboxylic acids is 2. The Labute approximate surface area is 159 Å². The van der Waals surface area contributed by atoms with Crippen LogP contribution in [0.5, 0.6) is 0 Å². The molecular weight excluding hydrogens is 340 g/mol. The molecule has 0 spiro atoms. The molecule has 0 aromatic heterocycles. The fraction of sp³-hybridized carbons (Fsp3) is 0.909. The fourth-order valence-corrected chi connectivity index (χ4v) is 7.95. The van der Waals surface area contributed by atoms with Gasteiger partial charge in [-0.2, -0.15) is 0 Å². The SMILES string of the molecule is C[C@]12CC[C@H]3[C@@H](CC[C@H]4CC(=O)CC[C@@]43CO[Si](C)(C)C)[C@@H]1CCC2=O. The maximum atomic E-state index is 12.6. The van der Waals surface area contributed by atoms with Crippen molar-refractivity contribution in [2.75, 3.05) is 6.61 Å². The molecule has 0 aliphatic heterocycles. The average Bonchev–Trinajstić information content (AvgIpc) is 2.88. The summed E-state index contributed by atoms with van der Waals surface area (Å²) in [6.45, 7) is 9.95. The summed E-state index contributed by atoms with van der Waals surface area (Å²) < 4.78 is 6.53. The van der Waals surface area contributed by atoms with Gasteiger partial charge in [-0.25, -0.2) is 0 Å². The maximum Gasteiger partial charge on any atom is 0.183 e. The lowest BCUT2D eigenvalue weighted by molar-refractivity contribution is -0.153. The van der Waals surface area contributed by atoms with Gasteiger partial charge in [0.2, 0.25) is 0 Å². The van der Waals surface area contributed by atoms with Gasteiger partial charge in [-0.3, -0.25) is 9.59 Å². The second kappa shape index (κ2) is 6.27. The van der Waals surface area contributed by atoms with Crippen molar-refractivity contribution < 1.29 is 14.0 Å². The van der Waals surface area contributed by atoms with E-state index in [0.717, 1.165) is 45.1 Å². The molecule has 0 saturated heterocycles. The molecule has 0 heterocycles. The largest absolute Gasteiger partial charge is 0.417 e. The van der Waals surface area contributed by atoms with Gasteiger partial charge in [0.05, 0.1) is 0 Å². The van der Waals surface area contributed by atoms with Gasteiger partial charge >= 0.3 is 0 Å². The van der Waals surface area contributed by atoms with Gasteiger partial charge < -0.3 is 4.43 Å². The van der Waals surface area contributed by atoms with Crippen molar-refractivity contribution in [1.82, 2.24) is 0 Å². The first kappa shape index (κ1) is 18.9. The van der Waals surface area contributed by atoms with Crippen LogP contribution >= 0.6 is 0 Å². The highest BCUT2D eigenvalue weighted by Gasteiger charge is 2.61. The zero-order chi connectivity index (χ0) is 18.7. The third kappa shape index (κ3) is 2.86. The number of fused-ring (bicyclic) bond motifs is 5. The third-order valence-electron chi connectivity index (χ3n) is 8.66. The van der Waals surface area contributed by atoms with Crippen molar-refractivity contribution in [1.29, 1.82) is 0 Å². The van der Waals surface area contributed by atoms with E-state index in [1.54, 1.807) is 0 Å². The van der Waals surface area contributed by atoms with E-state index < -0.39 is 8.32 Å². The molecule has 4 fully saturated rings. The Morgan fingerprint density at radius 3 is 2.50 bits per heavy atom. The Morgan fingerprint density at radius 2 is 1.77 bits per heavy atom. The summed E-state index contributed by atoms with van der Waals surface area (Å²) in [5, 5.41) is 0. The zero-order valence-electron chi connectivity index (χ0n) is 17.1. The van der Waals surface area contributed by atoms with Gasteiger partial charge in [0, 0.05) is 31.3 Å². The van der Waals surface area contributed by atoms with Gasteiger partial charge in [0.25, 0.3) is 0 Å². The van der Waals surface area contributed by atoms with Gasteiger partial charge in [0.1, 0.15) is 11.6 Å². The monoisotopic (exact) mass is 376 g/mol. The van der Waals surface area contributed by atoms with Crippen molar-refractivity contribution in [3.8, 4) is 0 Å². The quantitative estimate of drug-likeness (QED) is 0.651. The molecule has 4 saturated carbocycles. The number of carbonyl (C=O) groups is 2. The second-order valence-corrected chi connectivity index (χ2v) is 15.5. The van der Waals surface area contributed by atoms with Crippen LogP contribution < -0.4 is 0 Å². The van der Waals surface area contributed by atoms with E-state index in [1.165, 1.54) is 19.3 Å². The molecular formula is C22H36O3Si. The lowest BCUT2D eigenvalue weighted by atomic mass is 9.45. The van der Waals surface area contributed by atoms with Crippen LogP contribution in [-0.4, -0.2) is 26.5 Å². The second-order valence-electron chi connectivity index (χ2n) is 10.9. The number of ketones is 2. The first-order valence-electron chi connectivity index (χ1n) is 10.8. The number of hydrogen-bond acceptors (Lipinski definition) is 3. The van der Waals surface area contributed by atoms with Crippen molar-refractivity contribution in [2.45, 2.75) is 84.4 Å². The third-order valence-corrected chi connectivity index (χ3v) is 9.67. The van der Waals surface area contributed by atoms with E-state index >= 15 is 0 Å². The first-order chi connectivity index (χ1) is 12.2. The summed E-state index contributed by atoms with van der Waals surface area (Å²) in [5.41, 5.74) is 0.142. The maximum absolute atomic E-state index is 12.6. The lowest BCUT2D eigenvalue weighted by Gasteiger charge is -2.60. The molecule has 4 aliphatic rings. The van der Waals surface area contributed by atoms with Crippen LogP contribution in [0, 0.1) is 34.5 Å². The Bertz CT molecular complexity index is 609. The van der Waals surface area contributed by atoms with Crippen LogP contribution in [0.2, 0.25) is 19.6 Å². The number of rotatable bonds is 3. The van der Waals surface area contributed by atoms with E-state index in [2.05, 4.69) is 26.6 Å². The predicted molar refractivity (Wildman–Crippen MR) is 105 cm³/mol. The lowest BCUT2D eigenvalue weighted by Crippen LogP contribution is -2.57. The molecule has 26 heavy (non-hydrogen) atoms. The minimum atomic E-state index is -1.59. The van der Waals surface area contributed by atoms with E-state index in [-0.39, 0.29) is 10.8 Å². The van der Waals surface area contributed by atoms with Crippen LogP contribution in [0.1, 0.15) is 64.7 Å². The van der Waals surface area contributed by atoms with E-state index in [4.69, 9.17) is 4.43 Å². The molecule has 0 aromatic rings. The van der Waals surface area contributed by atoms with Crippen molar-refractivity contribution >= 4 is 19.9 Å². The highest BCUT2D eigenvalue weighted by molar-refractivity contribution is 6.69. The smallest absolute Gasteiger partial charge is 0.183 e. The van der Waals surface area contributed by atoms with Crippen LogP contribution in [0.3, 0.4) is 0 Å². The van der Waals surface area contributed by atoms with E-state index in [9.17, 15) is 9.59 Å². The summed E-state index contributed by atoms with van der Waals surface area (Å²) in [7, 11) is -1.59. The summed E-state index contributed by atoms with van der Waals surface area (Å²) in [4.78, 5) is 24.8. The normalized spacial score (nSPS) is 45.8. The van der Waals surface area contributed by atoms with E-state index in [1.807, 2.05) is 0 Å². The molecule has 146 valence electrons. The number of hydrogen-bond donors (Lipinski definition) is 0. The van der Waals surface area contributed by atoms with Gasteiger partial charge in [-0.15, -0.1) is 0 Å². The van der Waals surface area contributed by atoms with Crippen molar-refractivity contribution in [2.24, 2.45) is 34.5 Å². The molecule has 6 atom stereocenters. The molecule has 0 bridgehead atoms. The van der Waals surface area contributed by atoms with Gasteiger partial charge in [-0.05, 0) is 87.3 Å². The molecule has 4 rings (SSSR count). The minimum Gasteiger partial charge on any atom is -0.417 e. The predicted octanol–water partition coefficient (Wildman–Crippen LogP) is 5.00. The van der Waals surface area contributed by atoms with Crippen LogP contribution in [-0.2, 0) is 14.0 Å². The Hall–Kier alpha value is -0.483. The minimum absolute atomic E-state index is 0.0562. The Kier molecular flexibility index (Phi) is 4.55. The van der Waals surface area contributed by atoms with Crippen LogP contribution in [0.25, 0.3) is 0 Å². The standard InChI is InChI=1S/C22H36O3Si/c1-21-11-10-19-17(18(21)7-8-20(21)24)6-5-15-13-16(23)9-12-22(15,19)14-25-26(2,3)4/h15,17-19H,5-14H2,1-4H3/t15-,17-,18-,19-,21-,22+/m0/s1. The Morgan fingerprint density at radius 1 is 1.00 bits per heavy atom. The molecule has 3 nitrogen and oxygen atoms in total. The van der Waals surface area contributed by atoms with Gasteiger partial charge in [-0.1, -0.05) is 6.92 Å². The molecule has 0 aromatic carbocycles. The zero-order valence-corrected chi connectivity index (χ0v) is 18.1. The van der Waals surface area contributed by atoms with Crippen LogP contribution in [0.15, 0.2) is 0 Å². The highest BCUT2D eigenvalue weighted by Crippen LogP contribution is 2.65. The summed E-state index contributed by atoms with van der Waals surface area (Å²) >= 11 is 0. The Balaban J connectivity index is 1.66. The van der Waals surface area contributed by atoms with Crippen molar-refractivity contribution in [3.05, 3.63) is 0 Å². The first-order valence-corrected chi connectivity index (χ1v) is 14.3. The van der Waals surface area contributed by atoms with E-state index in [0.29, 0.717) is 35.2 Å². The highest BCUT2D eigenvalue weighted by atomic mass is 28.4. The molecule has 4 aliphatic carbocycles. The van der Waals surface area contributed by atoms with Crippen molar-refractivity contribution in [3.63, 3.8) is 0 Å². The fourth-order valence-electron chi connectivity index (χ4n) is 7.25. The topological polar surface area (TPSA) is 43.4 Å². The molecule has 0 N–H and O–H groups in total. The summed E-state index contributed by atoms with van der Waals surface area (Å²) in [6, 6.07) is 0. The average molecular weight is 377 g/mol. The molecule has 0 radical (unpaired) electrons. The summed E-state index contributed by atoms with van der Waals surface area (Å²) in [6.07, 6.45) is 9.08. The molecule has 4 heteroatoms. The summed E-state index contributed by atoms with van der Waals surface area (Å²) in [5.74, 6) is 3.42. The molecule has 0 amide bonds.